The van der Waals surface area contributed by atoms with Crippen LogP contribution in [0.2, 0.25) is 0 Å². The van der Waals surface area contributed by atoms with Crippen LogP contribution in [0, 0.1) is 6.92 Å². The molecule has 1 atom stereocenters. The van der Waals surface area contributed by atoms with E-state index in [0.29, 0.717) is 12.6 Å². The number of hydrogen-bond acceptors (Lipinski definition) is 2. The van der Waals surface area contributed by atoms with Gasteiger partial charge in [-0.15, -0.1) is 0 Å². The molecule has 21 heavy (non-hydrogen) atoms. The number of para-hydroxylation sites is 2. The minimum Gasteiger partial charge on any atom is -0.359 e. The molecule has 0 spiro atoms. The summed E-state index contributed by atoms with van der Waals surface area (Å²) in [6.45, 7) is 4.57. The minimum absolute atomic E-state index is 0.0350. The van der Waals surface area contributed by atoms with Crippen LogP contribution in [0.1, 0.15) is 18.1 Å². The molecule has 0 unspecified atom stereocenters. The van der Waals surface area contributed by atoms with Gasteiger partial charge in [-0.25, -0.2) is 0 Å². The van der Waals surface area contributed by atoms with Crippen LogP contribution < -0.4 is 10.2 Å². The molecule has 108 valence electrons. The topological polar surface area (TPSA) is 32.3 Å². The third kappa shape index (κ3) is 2.77. The molecule has 1 aliphatic rings. The average molecular weight is 280 g/mol. The molecular weight excluding hydrogens is 260 g/mol. The van der Waals surface area contributed by atoms with E-state index in [-0.39, 0.29) is 5.91 Å². The Morgan fingerprint density at radius 1 is 1.19 bits per heavy atom. The normalized spacial score (nSPS) is 16.7. The summed E-state index contributed by atoms with van der Waals surface area (Å²) in [7, 11) is 0. The van der Waals surface area contributed by atoms with Crippen molar-refractivity contribution in [2.75, 3.05) is 16.8 Å². The summed E-state index contributed by atoms with van der Waals surface area (Å²) in [5, 5.41) is 3.01. The maximum absolute atomic E-state index is 12.3. The Balaban J connectivity index is 1.72. The third-order valence-electron chi connectivity index (χ3n) is 4.08. The van der Waals surface area contributed by atoms with Gasteiger partial charge < -0.3 is 10.2 Å². The molecule has 0 aromatic heterocycles. The molecule has 1 amide bonds. The van der Waals surface area contributed by atoms with Crippen LogP contribution in [0.25, 0.3) is 0 Å². The molecule has 0 aliphatic carbocycles. The van der Waals surface area contributed by atoms with E-state index in [9.17, 15) is 4.79 Å². The Morgan fingerprint density at radius 3 is 2.71 bits per heavy atom. The Labute approximate surface area is 125 Å². The van der Waals surface area contributed by atoms with Gasteiger partial charge in [-0.1, -0.05) is 36.4 Å². The van der Waals surface area contributed by atoms with Crippen LogP contribution in [-0.2, 0) is 11.2 Å². The molecule has 0 saturated carbocycles. The first-order valence-electron chi connectivity index (χ1n) is 7.35. The van der Waals surface area contributed by atoms with Gasteiger partial charge >= 0.3 is 0 Å². The van der Waals surface area contributed by atoms with Crippen LogP contribution in [0.5, 0.6) is 0 Å². The third-order valence-corrected chi connectivity index (χ3v) is 4.08. The lowest BCUT2D eigenvalue weighted by molar-refractivity contribution is -0.115. The van der Waals surface area contributed by atoms with E-state index in [1.54, 1.807) is 0 Å². The Kier molecular flexibility index (Phi) is 3.65. The van der Waals surface area contributed by atoms with Crippen molar-refractivity contribution >= 4 is 17.3 Å². The summed E-state index contributed by atoms with van der Waals surface area (Å²) in [6.07, 6.45) is 1.01. The molecule has 2 aromatic rings. The van der Waals surface area contributed by atoms with Crippen molar-refractivity contribution < 1.29 is 4.79 Å². The van der Waals surface area contributed by atoms with Crippen molar-refractivity contribution in [1.29, 1.82) is 0 Å². The number of nitrogens with zero attached hydrogens (tertiary/aromatic N) is 1. The maximum atomic E-state index is 12.3. The van der Waals surface area contributed by atoms with E-state index in [4.69, 9.17) is 0 Å². The molecule has 1 aliphatic heterocycles. The first-order chi connectivity index (χ1) is 10.1. The van der Waals surface area contributed by atoms with Crippen LogP contribution in [0.3, 0.4) is 0 Å². The molecule has 3 nitrogen and oxygen atoms in total. The fourth-order valence-electron chi connectivity index (χ4n) is 2.93. The molecular formula is C18H20N2O. The summed E-state index contributed by atoms with van der Waals surface area (Å²) in [4.78, 5) is 14.5. The van der Waals surface area contributed by atoms with Crippen molar-refractivity contribution in [2.45, 2.75) is 26.3 Å². The van der Waals surface area contributed by atoms with Gasteiger partial charge in [0, 0.05) is 17.4 Å². The number of anilines is 2. The van der Waals surface area contributed by atoms with Crippen molar-refractivity contribution in [2.24, 2.45) is 0 Å². The van der Waals surface area contributed by atoms with Gasteiger partial charge in [-0.3, -0.25) is 4.79 Å². The van der Waals surface area contributed by atoms with Gasteiger partial charge in [-0.05, 0) is 43.5 Å². The smallest absolute Gasteiger partial charge is 0.243 e. The van der Waals surface area contributed by atoms with Crippen LogP contribution in [0.4, 0.5) is 11.4 Å². The maximum Gasteiger partial charge on any atom is 0.243 e. The fraction of sp³-hybridized carbons (Fsp3) is 0.278. The number of benzene rings is 2. The number of fused-ring (bicyclic) bond motifs is 1. The number of amides is 1. The molecule has 0 saturated heterocycles. The van der Waals surface area contributed by atoms with Crippen LogP contribution in [0.15, 0.2) is 48.5 Å². The molecule has 1 N–H and O–H groups in total. The van der Waals surface area contributed by atoms with E-state index in [1.807, 2.05) is 37.3 Å². The van der Waals surface area contributed by atoms with Crippen molar-refractivity contribution in [1.82, 2.24) is 0 Å². The average Bonchev–Trinajstić information content (AvgIpc) is 2.78. The van der Waals surface area contributed by atoms with Gasteiger partial charge in [0.25, 0.3) is 0 Å². The zero-order valence-corrected chi connectivity index (χ0v) is 12.5. The molecule has 1 heterocycles. The standard InChI is InChI=1S/C18H20N2O/c1-13-7-3-5-9-16(13)19-18(21)12-20-14(2)11-15-8-4-6-10-17(15)20/h3-10,14H,11-12H2,1-2H3,(H,19,21)/t14-/m1/s1. The number of carbonyl (C=O) groups excluding carboxylic acids is 1. The van der Waals surface area contributed by atoms with E-state index < -0.39 is 0 Å². The van der Waals surface area contributed by atoms with Gasteiger partial charge in [0.1, 0.15) is 0 Å². The van der Waals surface area contributed by atoms with Crippen molar-refractivity contribution in [3.05, 3.63) is 59.7 Å². The zero-order valence-electron chi connectivity index (χ0n) is 12.5. The summed E-state index contributed by atoms with van der Waals surface area (Å²) < 4.78 is 0. The molecule has 0 fully saturated rings. The number of carbonyl (C=O) groups is 1. The van der Waals surface area contributed by atoms with Gasteiger partial charge in [0.05, 0.1) is 6.54 Å². The predicted molar refractivity (Wildman–Crippen MR) is 86.8 cm³/mol. The van der Waals surface area contributed by atoms with Crippen molar-refractivity contribution in [3.63, 3.8) is 0 Å². The summed E-state index contributed by atoms with van der Waals surface area (Å²) in [5.74, 6) is 0.0350. The molecule has 0 bridgehead atoms. The summed E-state index contributed by atoms with van der Waals surface area (Å²) in [5.41, 5.74) is 4.49. The molecule has 3 heteroatoms. The monoisotopic (exact) mass is 280 g/mol. The summed E-state index contributed by atoms with van der Waals surface area (Å²) in [6, 6.07) is 16.6. The highest BCUT2D eigenvalue weighted by Gasteiger charge is 2.26. The number of aryl methyl sites for hydroxylation is 1. The second-order valence-corrected chi connectivity index (χ2v) is 5.67. The highest BCUT2D eigenvalue weighted by atomic mass is 16.2. The molecule has 2 aromatic carbocycles. The second-order valence-electron chi connectivity index (χ2n) is 5.67. The van der Waals surface area contributed by atoms with Gasteiger partial charge in [0.15, 0.2) is 0 Å². The van der Waals surface area contributed by atoms with Crippen LogP contribution in [-0.4, -0.2) is 18.5 Å². The second kappa shape index (κ2) is 5.60. The minimum atomic E-state index is 0.0350. The lowest BCUT2D eigenvalue weighted by atomic mass is 10.1. The van der Waals surface area contributed by atoms with E-state index in [2.05, 4.69) is 35.3 Å². The first kappa shape index (κ1) is 13.7. The number of nitrogens with one attached hydrogen (secondary N) is 1. The highest BCUT2D eigenvalue weighted by molar-refractivity contribution is 5.95. The Bertz CT molecular complexity index is 666. The van der Waals surface area contributed by atoms with Crippen molar-refractivity contribution in [3.8, 4) is 0 Å². The lowest BCUT2D eigenvalue weighted by Crippen LogP contribution is -2.37. The highest BCUT2D eigenvalue weighted by Crippen LogP contribution is 2.31. The molecule has 3 rings (SSSR count). The van der Waals surface area contributed by atoms with E-state index in [1.165, 1.54) is 11.3 Å². The summed E-state index contributed by atoms with van der Waals surface area (Å²) >= 11 is 0. The predicted octanol–water partition coefficient (Wildman–Crippen LogP) is 3.38. The Morgan fingerprint density at radius 2 is 1.90 bits per heavy atom. The zero-order chi connectivity index (χ0) is 14.8. The number of hydrogen-bond donors (Lipinski definition) is 1. The first-order valence-corrected chi connectivity index (χ1v) is 7.35. The number of rotatable bonds is 3. The Hall–Kier alpha value is -2.29. The quantitative estimate of drug-likeness (QED) is 0.934. The SMILES string of the molecule is Cc1ccccc1NC(=O)CN1c2ccccc2C[C@H]1C. The van der Waals surface area contributed by atoms with Gasteiger partial charge in [0.2, 0.25) is 5.91 Å². The molecule has 0 radical (unpaired) electrons. The fourth-order valence-corrected chi connectivity index (χ4v) is 2.93. The van der Waals surface area contributed by atoms with Gasteiger partial charge in [-0.2, -0.15) is 0 Å². The largest absolute Gasteiger partial charge is 0.359 e. The van der Waals surface area contributed by atoms with Crippen LogP contribution >= 0.6 is 0 Å². The lowest BCUT2D eigenvalue weighted by Gasteiger charge is -2.24. The van der Waals surface area contributed by atoms with E-state index >= 15 is 0 Å². The van der Waals surface area contributed by atoms with E-state index in [0.717, 1.165) is 17.7 Å².